The zero-order chi connectivity index (χ0) is 77.3. The highest BCUT2D eigenvalue weighted by molar-refractivity contribution is 8.77. The zero-order valence-electron chi connectivity index (χ0n) is 60.5. The van der Waals surface area contributed by atoms with Crippen LogP contribution in [0.4, 0.5) is 0 Å². The van der Waals surface area contributed by atoms with Crippen LogP contribution in [-0.2, 0) is 89.6 Å². The smallest absolute Gasteiger partial charge is 0.257 e. The van der Waals surface area contributed by atoms with Gasteiger partial charge in [-0.25, -0.2) is 9.97 Å². The van der Waals surface area contributed by atoms with E-state index in [1.807, 2.05) is 24.3 Å². The Kier molecular flexibility index (Phi) is 29.7. The van der Waals surface area contributed by atoms with E-state index < -0.39 is 148 Å². The van der Waals surface area contributed by atoms with Crippen molar-refractivity contribution in [2.45, 2.75) is 181 Å². The van der Waals surface area contributed by atoms with Crippen LogP contribution in [0.1, 0.15) is 106 Å². The number of para-hydroxylation sites is 2. The second-order valence-corrected chi connectivity index (χ2v) is 30.0. The molecule has 21 N–H and O–H groups in total. The molecular formula is C74H97N21O12S2. The van der Waals surface area contributed by atoms with E-state index in [9.17, 15) is 14.4 Å². The van der Waals surface area contributed by atoms with Crippen molar-refractivity contribution < 1.29 is 57.5 Å². The Labute approximate surface area is 636 Å². The van der Waals surface area contributed by atoms with Gasteiger partial charge in [0.05, 0.1) is 24.0 Å². The summed E-state index contributed by atoms with van der Waals surface area (Å²) in [5.41, 5.74) is 21.5. The van der Waals surface area contributed by atoms with E-state index in [-0.39, 0.29) is 90.4 Å². The summed E-state index contributed by atoms with van der Waals surface area (Å²) in [5.74, 6) is -10.7. The van der Waals surface area contributed by atoms with E-state index in [1.54, 1.807) is 67.0 Å². The Balaban J connectivity index is 1.10. The van der Waals surface area contributed by atoms with Crippen LogP contribution in [-0.4, -0.2) is 209 Å². The number of hydrogen-bond donors (Lipinski definition) is 18. The van der Waals surface area contributed by atoms with E-state index in [1.165, 1.54) is 36.9 Å². The molecule has 3 aliphatic heterocycles. The predicted molar refractivity (Wildman–Crippen MR) is 409 cm³/mol. The number of carbonyl (C=O) groups is 12. The fourth-order valence-electron chi connectivity index (χ4n) is 13.5. The van der Waals surface area contributed by atoms with Crippen LogP contribution in [0.15, 0.2) is 116 Å². The van der Waals surface area contributed by atoms with Crippen LogP contribution in [0.5, 0.6) is 0 Å². The minimum absolute atomic E-state index is 0.0150. The van der Waals surface area contributed by atoms with Gasteiger partial charge in [0.25, 0.3) is 5.91 Å². The summed E-state index contributed by atoms with van der Waals surface area (Å²) in [6.45, 7) is 2.02. The first-order valence-electron chi connectivity index (χ1n) is 36.9. The van der Waals surface area contributed by atoms with E-state index in [2.05, 4.69) is 88.4 Å². The monoisotopic (exact) mass is 1540 g/mol. The fourth-order valence-corrected chi connectivity index (χ4v) is 15.9. The van der Waals surface area contributed by atoms with Crippen molar-refractivity contribution in [3.63, 3.8) is 0 Å². The van der Waals surface area contributed by atoms with Crippen molar-refractivity contribution in [1.29, 1.82) is 0 Å². The second kappa shape index (κ2) is 40.0. The summed E-state index contributed by atoms with van der Waals surface area (Å²) < 4.78 is 0. The molecule has 4 aromatic heterocycles. The molecule has 3 aliphatic rings. The van der Waals surface area contributed by atoms with Crippen molar-refractivity contribution in [2.75, 3.05) is 31.9 Å². The van der Waals surface area contributed by atoms with Crippen LogP contribution in [0.25, 0.3) is 21.8 Å². The number of nitrogens with zero attached hydrogens (tertiary/aromatic N) is 3. The van der Waals surface area contributed by atoms with Crippen molar-refractivity contribution in [1.82, 2.24) is 93.3 Å². The van der Waals surface area contributed by atoms with Crippen LogP contribution < -0.4 is 75.7 Å². The first-order valence-corrected chi connectivity index (χ1v) is 39.3. The molecule has 109 heavy (non-hydrogen) atoms. The standard InChI is InChI=1S/C74H97N21O12S2/c1-42-62(96)85-52(22-9-12-26-75)63(97)86-53(23-10-13-27-76)64(98)87-54(24-11-14-28-77)65(99)89-57(32-45-36-81-51-21-8-6-19-49(45)51)70(104)94-73-74(107)95-29-15-25-61(95)72(106)92-59(34-47-38-79-41-83-47)69(103)88-55(30-43-16-3-2-4-17-43)66(100)91-58(33-46-37-78-40-82-46)68(102)90-56(31-44-35-80-50-20-7-5-18-48(44)50)67(101)93-60(39-108-109-73)71(105)84-42/h2-8,16-21,35-38,40-42,52-61,73,80-81H,9-15,22-34,39,75-77H2,1H3,(H,78,82)(H,79,83)(H,84,105)(H,85,96)(H,86,97)(H,87,98)(H,88,103)(H,89,99)(H,90,102)(H,91,100)(H,92,106)(H,93,101)(H,94,104)/t42-,52-,53-,54-,55+,56-,57-,58-,59-,60-,61+,73-/m0/s1. The SMILES string of the molecule is C[C@@H]1NC(=O)[C@@H]2CSS[C@H](NC(=O)[C@H](Cc3c[nH]c4ccccc34)NC(=O)[C@H](CCCCN)NC(=O)[C@H](CCCCN)NC(=O)[C@H](CCCCN)NC1=O)C(=O)N1CCC[C@@H]1C(=O)N[C@@H](Cc1c[nH]cn1)C(=O)N[C@H](Cc1ccccc1)C(=O)N[C@@H](Cc1c[nH]cn1)C(=O)N[C@@H](Cc1c[nH]c3ccccc13)C(=O)N2. The maximum absolute atomic E-state index is 15.8. The Hall–Kier alpha value is -10.6. The number of nitrogens with two attached hydrogens (primary N) is 3. The highest BCUT2D eigenvalue weighted by Gasteiger charge is 2.43. The number of unbranched alkanes of at least 4 members (excludes halogenated alkanes) is 3. The third kappa shape index (κ3) is 22.5. The molecule has 582 valence electrons. The summed E-state index contributed by atoms with van der Waals surface area (Å²) in [6, 6.07) is 7.22. The topological polar surface area (TPSA) is 507 Å². The van der Waals surface area contributed by atoms with E-state index >= 15 is 43.2 Å². The molecular weight excluding hydrogens is 1440 g/mol. The van der Waals surface area contributed by atoms with Crippen molar-refractivity contribution in [3.05, 3.63) is 144 Å². The molecule has 0 aliphatic carbocycles. The Morgan fingerprint density at radius 3 is 1.31 bits per heavy atom. The molecule has 3 saturated heterocycles. The molecule has 10 rings (SSSR count). The van der Waals surface area contributed by atoms with Gasteiger partial charge in [-0.2, -0.15) is 0 Å². The summed E-state index contributed by atoms with van der Waals surface area (Å²) in [6.07, 6.45) is 10.8. The lowest BCUT2D eigenvalue weighted by molar-refractivity contribution is -0.141. The summed E-state index contributed by atoms with van der Waals surface area (Å²) in [7, 11) is 1.57. The summed E-state index contributed by atoms with van der Waals surface area (Å²) in [4.78, 5) is 205. The third-order valence-corrected chi connectivity index (χ3v) is 22.0. The maximum Gasteiger partial charge on any atom is 0.257 e. The lowest BCUT2D eigenvalue weighted by Crippen LogP contribution is -2.62. The molecule has 0 radical (unpaired) electrons. The molecule has 33 nitrogen and oxygen atoms in total. The van der Waals surface area contributed by atoms with Gasteiger partial charge in [-0.1, -0.05) is 88.3 Å². The molecule has 3 fully saturated rings. The normalized spacial score (nSPS) is 24.6. The molecule has 7 heterocycles. The Morgan fingerprint density at radius 2 is 0.835 bits per heavy atom. The minimum Gasteiger partial charge on any atom is -0.361 e. The average molecular weight is 1540 g/mol. The number of aromatic amines is 4. The van der Waals surface area contributed by atoms with Gasteiger partial charge in [0.1, 0.15) is 66.5 Å². The van der Waals surface area contributed by atoms with Gasteiger partial charge in [-0.05, 0) is 126 Å². The largest absolute Gasteiger partial charge is 0.361 e. The molecule has 12 amide bonds. The van der Waals surface area contributed by atoms with Gasteiger partial charge >= 0.3 is 0 Å². The van der Waals surface area contributed by atoms with Crippen LogP contribution in [0, 0.1) is 0 Å². The predicted octanol–water partition coefficient (Wildman–Crippen LogP) is -0.295. The number of amides is 12. The number of nitrogens with one attached hydrogen (secondary N) is 15. The molecule has 35 heteroatoms. The Morgan fingerprint density at radius 1 is 0.422 bits per heavy atom. The van der Waals surface area contributed by atoms with Gasteiger partial charge in [0.2, 0.25) is 65.0 Å². The van der Waals surface area contributed by atoms with Crippen LogP contribution in [0.3, 0.4) is 0 Å². The number of aromatic nitrogens is 6. The number of H-pyrrole nitrogens is 4. The highest BCUT2D eigenvalue weighted by Crippen LogP contribution is 2.31. The first-order chi connectivity index (χ1) is 52.8. The average Bonchev–Trinajstić information content (AvgIpc) is 1.79. The molecule has 2 bridgehead atoms. The highest BCUT2D eigenvalue weighted by atomic mass is 33.1. The second-order valence-electron chi connectivity index (χ2n) is 27.4. The number of hydrogen-bond acceptors (Lipinski definition) is 19. The van der Waals surface area contributed by atoms with Crippen LogP contribution >= 0.6 is 21.6 Å². The van der Waals surface area contributed by atoms with Crippen LogP contribution in [0.2, 0.25) is 0 Å². The molecule has 0 spiro atoms. The summed E-state index contributed by atoms with van der Waals surface area (Å²) in [5, 5.41) is 30.6. The summed E-state index contributed by atoms with van der Waals surface area (Å²) >= 11 is 0. The van der Waals surface area contributed by atoms with Crippen molar-refractivity contribution in [2.24, 2.45) is 17.2 Å². The molecule has 3 aromatic carbocycles. The molecule has 12 atom stereocenters. The zero-order valence-corrected chi connectivity index (χ0v) is 62.2. The number of carbonyl (C=O) groups excluding carboxylic acids is 12. The Bertz CT molecular complexity index is 4270. The number of fused-ring (bicyclic) bond motifs is 7. The van der Waals surface area contributed by atoms with Gasteiger partial charge in [-0.3, -0.25) is 57.5 Å². The van der Waals surface area contributed by atoms with E-state index in [0.717, 1.165) is 21.6 Å². The maximum atomic E-state index is 15.8. The number of rotatable bonds is 22. The lowest BCUT2D eigenvalue weighted by atomic mass is 10.0. The van der Waals surface area contributed by atoms with Crippen molar-refractivity contribution >= 4 is 114 Å². The number of imidazole rings is 2. The molecule has 0 saturated carbocycles. The third-order valence-electron chi connectivity index (χ3n) is 19.4. The lowest BCUT2D eigenvalue weighted by Gasteiger charge is -2.31. The van der Waals surface area contributed by atoms with E-state index in [4.69, 9.17) is 17.2 Å². The fraction of sp³-hybridized carbons (Fsp3) is 0.459. The van der Waals surface area contributed by atoms with Gasteiger partial charge in [0, 0.05) is 91.0 Å². The number of benzene rings is 3. The van der Waals surface area contributed by atoms with Gasteiger partial charge in [0.15, 0.2) is 5.37 Å². The quantitative estimate of drug-likeness (QED) is 0.0306. The minimum atomic E-state index is -1.69. The van der Waals surface area contributed by atoms with E-state index in [0.29, 0.717) is 88.4 Å². The van der Waals surface area contributed by atoms with Crippen molar-refractivity contribution in [3.8, 4) is 0 Å². The van der Waals surface area contributed by atoms with Gasteiger partial charge in [-0.15, -0.1) is 0 Å². The molecule has 0 unspecified atom stereocenters. The molecule has 7 aromatic rings. The first kappa shape index (κ1) is 80.9. The van der Waals surface area contributed by atoms with Gasteiger partial charge < -0.3 is 101 Å².